The van der Waals surface area contributed by atoms with E-state index >= 15 is 0 Å². The third kappa shape index (κ3) is 2.88. The summed E-state index contributed by atoms with van der Waals surface area (Å²) in [6.45, 7) is 0. The van der Waals surface area contributed by atoms with Crippen LogP contribution < -0.4 is 5.11 Å². The van der Waals surface area contributed by atoms with Crippen molar-refractivity contribution >= 4 is 17.1 Å². The number of azo groups is 1. The van der Waals surface area contributed by atoms with Crippen molar-refractivity contribution in [1.29, 1.82) is 0 Å². The second kappa shape index (κ2) is 5.05. The monoisotopic (exact) mass is 242 g/mol. The molecule has 0 heterocycles. The van der Waals surface area contributed by atoms with Gasteiger partial charge < -0.3 is 5.11 Å². The minimum absolute atomic E-state index is 0.00416. The molecule has 2 aromatic carbocycles. The molecule has 0 aliphatic heterocycles. The minimum atomic E-state index is -0.484. The first-order valence-electron chi connectivity index (χ1n) is 5.08. The molecule has 0 unspecified atom stereocenters. The zero-order chi connectivity index (χ0) is 13.0. The Morgan fingerprint density at radius 1 is 0.944 bits per heavy atom. The van der Waals surface area contributed by atoms with E-state index in [0.717, 1.165) is 0 Å². The summed E-state index contributed by atoms with van der Waals surface area (Å²) >= 11 is 0. The lowest BCUT2D eigenvalue weighted by Gasteiger charge is -2.02. The molecule has 0 N–H and O–H groups in total. The van der Waals surface area contributed by atoms with Crippen LogP contribution in [-0.2, 0) is 0 Å². The highest BCUT2D eigenvalue weighted by Gasteiger charge is 2.02. The van der Waals surface area contributed by atoms with Crippen LogP contribution in [-0.4, -0.2) is 4.92 Å². The molecule has 0 aromatic heterocycles. The Labute approximate surface area is 102 Å². The van der Waals surface area contributed by atoms with Crippen LogP contribution in [0.15, 0.2) is 58.8 Å². The van der Waals surface area contributed by atoms with Gasteiger partial charge in [0, 0.05) is 12.1 Å². The van der Waals surface area contributed by atoms with Gasteiger partial charge in [0.25, 0.3) is 5.69 Å². The van der Waals surface area contributed by atoms with Gasteiger partial charge in [-0.1, -0.05) is 12.1 Å². The van der Waals surface area contributed by atoms with E-state index in [9.17, 15) is 15.2 Å². The molecule has 18 heavy (non-hydrogen) atoms. The van der Waals surface area contributed by atoms with Crippen LogP contribution >= 0.6 is 0 Å². The predicted molar refractivity (Wildman–Crippen MR) is 63.2 cm³/mol. The maximum atomic E-state index is 11.0. The number of nitro benzene ring substituents is 1. The van der Waals surface area contributed by atoms with Crippen molar-refractivity contribution in [2.75, 3.05) is 0 Å². The van der Waals surface area contributed by atoms with Crippen LogP contribution in [0.1, 0.15) is 0 Å². The van der Waals surface area contributed by atoms with Gasteiger partial charge in [-0.15, -0.1) is 5.75 Å². The Bertz CT molecular complexity index is 594. The largest absolute Gasteiger partial charge is 0.872 e. The Kier molecular flexibility index (Phi) is 3.29. The molecule has 0 aliphatic rings. The third-order valence-corrected chi connectivity index (χ3v) is 2.16. The summed E-state index contributed by atoms with van der Waals surface area (Å²) in [5, 5.41) is 29.2. The van der Waals surface area contributed by atoms with E-state index in [1.165, 1.54) is 36.4 Å². The lowest BCUT2D eigenvalue weighted by atomic mass is 10.3. The SMILES string of the molecule is O=[N+]([O-])c1ccc(N=Nc2cccc([O-])c2)cc1. The van der Waals surface area contributed by atoms with Crippen LogP contribution in [0.4, 0.5) is 17.1 Å². The van der Waals surface area contributed by atoms with E-state index in [0.29, 0.717) is 11.4 Å². The fourth-order valence-corrected chi connectivity index (χ4v) is 1.30. The summed E-state index contributed by atoms with van der Waals surface area (Å²) in [6.07, 6.45) is 0. The Morgan fingerprint density at radius 3 is 2.22 bits per heavy atom. The van der Waals surface area contributed by atoms with Crippen molar-refractivity contribution in [2.45, 2.75) is 0 Å². The second-order valence-electron chi connectivity index (χ2n) is 3.47. The van der Waals surface area contributed by atoms with E-state index in [1.54, 1.807) is 12.1 Å². The van der Waals surface area contributed by atoms with E-state index in [4.69, 9.17) is 0 Å². The van der Waals surface area contributed by atoms with Gasteiger partial charge in [0.05, 0.1) is 16.3 Å². The van der Waals surface area contributed by atoms with Crippen LogP contribution in [0.2, 0.25) is 0 Å². The molecule has 6 nitrogen and oxygen atoms in total. The summed E-state index contributed by atoms with van der Waals surface area (Å²) < 4.78 is 0. The molecule has 2 aromatic rings. The fourth-order valence-electron chi connectivity index (χ4n) is 1.30. The molecule has 0 spiro atoms. The first-order chi connectivity index (χ1) is 8.65. The van der Waals surface area contributed by atoms with E-state index in [-0.39, 0.29) is 11.4 Å². The van der Waals surface area contributed by atoms with E-state index in [2.05, 4.69) is 10.2 Å². The van der Waals surface area contributed by atoms with Crippen LogP contribution in [0.3, 0.4) is 0 Å². The predicted octanol–water partition coefficient (Wildman–Crippen LogP) is 3.08. The lowest BCUT2D eigenvalue weighted by molar-refractivity contribution is -0.384. The van der Waals surface area contributed by atoms with Gasteiger partial charge in [0.1, 0.15) is 0 Å². The molecular formula is C12H8N3O3-. The van der Waals surface area contributed by atoms with Crippen molar-refractivity contribution in [1.82, 2.24) is 0 Å². The molecule has 0 atom stereocenters. The van der Waals surface area contributed by atoms with Gasteiger partial charge in [-0.25, -0.2) is 0 Å². The zero-order valence-corrected chi connectivity index (χ0v) is 9.19. The summed E-state index contributed by atoms with van der Waals surface area (Å²) in [5.41, 5.74) is 0.924. The number of non-ortho nitro benzene ring substituents is 1. The molecule has 0 bridgehead atoms. The van der Waals surface area contributed by atoms with Gasteiger partial charge in [-0.2, -0.15) is 10.2 Å². The van der Waals surface area contributed by atoms with Gasteiger partial charge in [0.15, 0.2) is 0 Å². The molecular weight excluding hydrogens is 234 g/mol. The number of nitrogens with zero attached hydrogens (tertiary/aromatic N) is 3. The maximum absolute atomic E-state index is 11.0. The molecule has 0 radical (unpaired) electrons. The van der Waals surface area contributed by atoms with Crippen molar-refractivity contribution in [3.05, 3.63) is 58.6 Å². The quantitative estimate of drug-likeness (QED) is 0.470. The summed E-state index contributed by atoms with van der Waals surface area (Å²) in [7, 11) is 0. The molecule has 2 rings (SSSR count). The third-order valence-electron chi connectivity index (χ3n) is 2.16. The molecule has 0 amide bonds. The number of hydrogen-bond donors (Lipinski definition) is 0. The molecule has 0 saturated heterocycles. The van der Waals surface area contributed by atoms with Gasteiger partial charge in [-0.3, -0.25) is 10.1 Å². The van der Waals surface area contributed by atoms with Crippen LogP contribution in [0.25, 0.3) is 0 Å². The van der Waals surface area contributed by atoms with E-state index in [1.807, 2.05) is 0 Å². The van der Waals surface area contributed by atoms with Crippen molar-refractivity contribution in [3.63, 3.8) is 0 Å². The second-order valence-corrected chi connectivity index (χ2v) is 3.47. The summed E-state index contributed by atoms with van der Waals surface area (Å²) in [6, 6.07) is 11.7. The Hall–Kier alpha value is -2.76. The highest BCUT2D eigenvalue weighted by Crippen LogP contribution is 2.22. The average Bonchev–Trinajstić information content (AvgIpc) is 2.37. The highest BCUT2D eigenvalue weighted by molar-refractivity contribution is 5.45. The van der Waals surface area contributed by atoms with Crippen molar-refractivity contribution in [2.24, 2.45) is 10.2 Å². The van der Waals surface area contributed by atoms with E-state index < -0.39 is 4.92 Å². The smallest absolute Gasteiger partial charge is 0.269 e. The van der Waals surface area contributed by atoms with Crippen LogP contribution in [0.5, 0.6) is 5.75 Å². The Morgan fingerprint density at radius 2 is 1.61 bits per heavy atom. The number of rotatable bonds is 3. The topological polar surface area (TPSA) is 90.9 Å². The molecule has 90 valence electrons. The van der Waals surface area contributed by atoms with Gasteiger partial charge in [-0.05, 0) is 24.3 Å². The first-order valence-corrected chi connectivity index (χ1v) is 5.08. The Balaban J connectivity index is 2.16. The standard InChI is InChI=1S/C12H9N3O3/c16-12-3-1-2-10(8-12)14-13-9-4-6-11(7-5-9)15(17)18/h1-8,16H/p-1. The zero-order valence-electron chi connectivity index (χ0n) is 9.19. The summed E-state index contributed by atoms with van der Waals surface area (Å²) in [4.78, 5) is 9.96. The first kappa shape index (κ1) is 11.7. The molecule has 0 saturated carbocycles. The summed E-state index contributed by atoms with van der Waals surface area (Å²) in [5.74, 6) is -0.143. The molecule has 0 aliphatic carbocycles. The van der Waals surface area contributed by atoms with Crippen molar-refractivity contribution in [3.8, 4) is 5.75 Å². The number of hydrogen-bond acceptors (Lipinski definition) is 5. The average molecular weight is 242 g/mol. The highest BCUT2D eigenvalue weighted by atomic mass is 16.6. The van der Waals surface area contributed by atoms with Gasteiger partial charge >= 0.3 is 0 Å². The normalized spacial score (nSPS) is 10.7. The maximum Gasteiger partial charge on any atom is 0.269 e. The van der Waals surface area contributed by atoms with Crippen LogP contribution in [0, 0.1) is 10.1 Å². The lowest BCUT2D eigenvalue weighted by Crippen LogP contribution is -1.86. The van der Waals surface area contributed by atoms with Crippen molar-refractivity contribution < 1.29 is 10.0 Å². The minimum Gasteiger partial charge on any atom is -0.872 e. The molecule has 6 heteroatoms. The van der Waals surface area contributed by atoms with Gasteiger partial charge in [0.2, 0.25) is 0 Å². The number of benzene rings is 2. The number of nitro groups is 1. The molecule has 0 fully saturated rings. The fraction of sp³-hybridized carbons (Fsp3) is 0.